The lowest BCUT2D eigenvalue weighted by atomic mass is 10.1. The fourth-order valence-corrected chi connectivity index (χ4v) is 2.96. The van der Waals surface area contributed by atoms with Crippen molar-refractivity contribution < 1.29 is 13.9 Å². The molecule has 0 spiro atoms. The van der Waals surface area contributed by atoms with Crippen LogP contribution in [0.2, 0.25) is 0 Å². The van der Waals surface area contributed by atoms with Gasteiger partial charge in [0.05, 0.1) is 13.2 Å². The van der Waals surface area contributed by atoms with Gasteiger partial charge in [-0.05, 0) is 42.7 Å². The van der Waals surface area contributed by atoms with E-state index >= 15 is 0 Å². The predicted octanol–water partition coefficient (Wildman–Crippen LogP) is 4.11. The van der Waals surface area contributed by atoms with Crippen LogP contribution in [0.5, 0.6) is 11.5 Å². The number of hydrogen-bond acceptors (Lipinski definition) is 3. The minimum absolute atomic E-state index is 0.207. The molecule has 2 aromatic carbocycles. The summed E-state index contributed by atoms with van der Waals surface area (Å²) < 4.78 is 25.8. The van der Waals surface area contributed by atoms with Gasteiger partial charge < -0.3 is 20.5 Å². The van der Waals surface area contributed by atoms with Gasteiger partial charge in [-0.15, -0.1) is 0 Å². The third kappa shape index (κ3) is 5.11. The Labute approximate surface area is 160 Å². The fourth-order valence-electron chi connectivity index (χ4n) is 2.62. The number of halogens is 2. The summed E-state index contributed by atoms with van der Waals surface area (Å²) in [6.07, 6.45) is 2.18. The second-order valence-electron chi connectivity index (χ2n) is 5.94. The lowest BCUT2D eigenvalue weighted by Gasteiger charge is -2.10. The van der Waals surface area contributed by atoms with Crippen LogP contribution in [0.1, 0.15) is 18.4 Å². The lowest BCUT2D eigenvalue weighted by molar-refractivity contribution is 0.297. The lowest BCUT2D eigenvalue weighted by Crippen LogP contribution is -2.23. The molecule has 0 saturated heterocycles. The van der Waals surface area contributed by atoms with Crippen molar-refractivity contribution in [2.75, 3.05) is 25.1 Å². The molecule has 0 amide bonds. The molecule has 26 heavy (non-hydrogen) atoms. The van der Waals surface area contributed by atoms with Gasteiger partial charge in [-0.25, -0.2) is 4.39 Å². The Kier molecular flexibility index (Phi) is 6.33. The SMILES string of the molecule is NC(=NCCCc1ccc(Br)cc1F)Nc1ccc2c(c1)OCCCO2. The fraction of sp³-hybridized carbons (Fsp3) is 0.316. The van der Waals surface area contributed by atoms with Crippen LogP contribution in [0.4, 0.5) is 10.1 Å². The highest BCUT2D eigenvalue weighted by Crippen LogP contribution is 2.32. The smallest absolute Gasteiger partial charge is 0.193 e. The Hall–Kier alpha value is -2.28. The van der Waals surface area contributed by atoms with Crippen molar-refractivity contribution in [3.63, 3.8) is 0 Å². The standard InChI is InChI=1S/C19H21BrFN3O2/c20-14-5-4-13(16(21)11-14)3-1-8-23-19(22)24-15-6-7-17-18(12-15)26-10-2-9-25-17/h4-7,11-12H,1-3,8-10H2,(H3,22,23,24). The molecular weight excluding hydrogens is 401 g/mol. The summed E-state index contributed by atoms with van der Waals surface area (Å²) in [4.78, 5) is 4.29. The first-order chi connectivity index (χ1) is 12.6. The molecule has 2 aromatic rings. The van der Waals surface area contributed by atoms with Crippen molar-refractivity contribution in [3.05, 3.63) is 52.3 Å². The number of ether oxygens (including phenoxy) is 2. The van der Waals surface area contributed by atoms with Gasteiger partial charge in [0, 0.05) is 29.2 Å². The van der Waals surface area contributed by atoms with E-state index in [2.05, 4.69) is 26.2 Å². The predicted molar refractivity (Wildman–Crippen MR) is 105 cm³/mol. The normalized spacial score (nSPS) is 14.0. The monoisotopic (exact) mass is 421 g/mol. The number of hydrogen-bond donors (Lipinski definition) is 2. The summed E-state index contributed by atoms with van der Waals surface area (Å²) in [5.74, 6) is 1.54. The zero-order valence-electron chi connectivity index (χ0n) is 14.3. The first-order valence-corrected chi connectivity index (χ1v) is 9.31. The Morgan fingerprint density at radius 3 is 2.77 bits per heavy atom. The highest BCUT2D eigenvalue weighted by Gasteiger charge is 2.10. The number of nitrogens with zero attached hydrogens (tertiary/aromatic N) is 1. The maximum atomic E-state index is 13.8. The second kappa shape index (κ2) is 8.89. The summed E-state index contributed by atoms with van der Waals surface area (Å²) in [6.45, 7) is 1.80. The highest BCUT2D eigenvalue weighted by molar-refractivity contribution is 9.10. The molecule has 0 fully saturated rings. The van der Waals surface area contributed by atoms with E-state index in [1.165, 1.54) is 6.07 Å². The number of aliphatic imine (C=N–C) groups is 1. The average Bonchev–Trinajstić information content (AvgIpc) is 2.85. The van der Waals surface area contributed by atoms with E-state index in [4.69, 9.17) is 15.2 Å². The Morgan fingerprint density at radius 1 is 1.15 bits per heavy atom. The van der Waals surface area contributed by atoms with Crippen LogP contribution < -0.4 is 20.5 Å². The van der Waals surface area contributed by atoms with E-state index in [1.54, 1.807) is 6.07 Å². The number of nitrogens with one attached hydrogen (secondary N) is 1. The molecule has 1 aliphatic rings. The quantitative estimate of drug-likeness (QED) is 0.432. The van der Waals surface area contributed by atoms with Gasteiger partial charge in [0.25, 0.3) is 0 Å². The van der Waals surface area contributed by atoms with Gasteiger partial charge in [-0.3, -0.25) is 4.99 Å². The van der Waals surface area contributed by atoms with Crippen molar-refractivity contribution in [1.29, 1.82) is 0 Å². The van der Waals surface area contributed by atoms with Crippen molar-refractivity contribution in [1.82, 2.24) is 0 Å². The first-order valence-electron chi connectivity index (χ1n) is 8.52. The summed E-state index contributed by atoms with van der Waals surface area (Å²) in [5, 5.41) is 3.04. The molecule has 0 saturated carbocycles. The number of anilines is 1. The van der Waals surface area contributed by atoms with Crippen LogP contribution in [-0.2, 0) is 6.42 Å². The largest absolute Gasteiger partial charge is 0.490 e. The molecule has 0 aromatic heterocycles. The number of benzene rings is 2. The number of fused-ring (bicyclic) bond motifs is 1. The molecule has 1 aliphatic heterocycles. The average molecular weight is 422 g/mol. The molecule has 3 rings (SSSR count). The van der Waals surface area contributed by atoms with Gasteiger partial charge >= 0.3 is 0 Å². The minimum Gasteiger partial charge on any atom is -0.490 e. The van der Waals surface area contributed by atoms with Gasteiger partial charge in [0.15, 0.2) is 17.5 Å². The maximum absolute atomic E-state index is 13.8. The van der Waals surface area contributed by atoms with Crippen LogP contribution in [0.3, 0.4) is 0 Å². The van der Waals surface area contributed by atoms with Crippen LogP contribution in [0.15, 0.2) is 45.9 Å². The molecule has 0 atom stereocenters. The van der Waals surface area contributed by atoms with Gasteiger partial charge in [0.1, 0.15) is 5.82 Å². The molecule has 0 radical (unpaired) electrons. The zero-order valence-corrected chi connectivity index (χ0v) is 15.9. The first kappa shape index (κ1) is 18.5. The molecular formula is C19H21BrFN3O2. The van der Waals surface area contributed by atoms with E-state index in [1.807, 2.05) is 24.3 Å². The van der Waals surface area contributed by atoms with E-state index < -0.39 is 0 Å². The van der Waals surface area contributed by atoms with Crippen LogP contribution in [-0.4, -0.2) is 25.7 Å². The van der Waals surface area contributed by atoms with E-state index in [9.17, 15) is 4.39 Å². The maximum Gasteiger partial charge on any atom is 0.193 e. The van der Waals surface area contributed by atoms with Crippen molar-refractivity contribution in [2.24, 2.45) is 10.7 Å². The molecule has 138 valence electrons. The zero-order chi connectivity index (χ0) is 18.4. The Balaban J connectivity index is 1.51. The van der Waals surface area contributed by atoms with Crippen molar-refractivity contribution in [2.45, 2.75) is 19.3 Å². The Bertz CT molecular complexity index is 798. The summed E-state index contributed by atoms with van der Waals surface area (Å²) >= 11 is 3.25. The van der Waals surface area contributed by atoms with Crippen LogP contribution >= 0.6 is 15.9 Å². The van der Waals surface area contributed by atoms with Gasteiger partial charge in [-0.2, -0.15) is 0 Å². The highest BCUT2D eigenvalue weighted by atomic mass is 79.9. The van der Waals surface area contributed by atoms with E-state index in [0.29, 0.717) is 49.9 Å². The van der Waals surface area contributed by atoms with Crippen LogP contribution in [0, 0.1) is 5.82 Å². The third-order valence-corrected chi connectivity index (χ3v) is 4.41. The molecule has 0 unspecified atom stereocenters. The van der Waals surface area contributed by atoms with Gasteiger partial charge in [-0.1, -0.05) is 22.0 Å². The van der Waals surface area contributed by atoms with Gasteiger partial charge in [0.2, 0.25) is 0 Å². The van der Waals surface area contributed by atoms with E-state index in [-0.39, 0.29) is 5.82 Å². The summed E-state index contributed by atoms with van der Waals surface area (Å²) in [6, 6.07) is 10.7. The van der Waals surface area contributed by atoms with E-state index in [0.717, 1.165) is 22.3 Å². The number of aryl methyl sites for hydroxylation is 1. The minimum atomic E-state index is -0.207. The second-order valence-corrected chi connectivity index (χ2v) is 6.86. The molecule has 1 heterocycles. The Morgan fingerprint density at radius 2 is 1.96 bits per heavy atom. The molecule has 7 heteroatoms. The topological polar surface area (TPSA) is 68.9 Å². The summed E-state index contributed by atoms with van der Waals surface area (Å²) in [7, 11) is 0. The molecule has 0 bridgehead atoms. The molecule has 0 aliphatic carbocycles. The third-order valence-electron chi connectivity index (χ3n) is 3.92. The number of nitrogens with two attached hydrogens (primary N) is 1. The van der Waals surface area contributed by atoms with Crippen molar-refractivity contribution in [3.8, 4) is 11.5 Å². The number of guanidine groups is 1. The van der Waals surface area contributed by atoms with Crippen LogP contribution in [0.25, 0.3) is 0 Å². The summed E-state index contributed by atoms with van der Waals surface area (Å²) in [5.41, 5.74) is 7.39. The van der Waals surface area contributed by atoms with Crippen molar-refractivity contribution >= 4 is 27.6 Å². The molecule has 3 N–H and O–H groups in total. The number of rotatable bonds is 5. The molecule has 5 nitrogen and oxygen atoms in total.